The van der Waals surface area contributed by atoms with Gasteiger partial charge in [0.2, 0.25) is 5.91 Å². The molecule has 0 unspecified atom stereocenters. The second kappa shape index (κ2) is 8.77. The molecule has 0 radical (unpaired) electrons. The van der Waals surface area contributed by atoms with Gasteiger partial charge in [0.05, 0.1) is 23.8 Å². The first kappa shape index (κ1) is 20.4. The second-order valence-corrected chi connectivity index (χ2v) is 8.35. The molecule has 0 N–H and O–H groups in total. The Kier molecular flexibility index (Phi) is 6.39. The van der Waals surface area contributed by atoms with E-state index in [1.165, 1.54) is 23.4 Å². The maximum absolute atomic E-state index is 12.8. The number of carbonyl (C=O) groups is 2. The van der Waals surface area contributed by atoms with E-state index in [1.54, 1.807) is 24.3 Å². The zero-order chi connectivity index (χ0) is 20.3. The number of fused-ring (bicyclic) bond motifs is 1. The molecule has 1 aliphatic rings. The molecule has 1 aromatic heterocycles. The number of esters is 1. The van der Waals surface area contributed by atoms with Crippen molar-refractivity contribution in [1.82, 2.24) is 14.5 Å². The van der Waals surface area contributed by atoms with Crippen LogP contribution >= 0.6 is 11.8 Å². The van der Waals surface area contributed by atoms with Gasteiger partial charge in [-0.05, 0) is 30.4 Å². The van der Waals surface area contributed by atoms with Gasteiger partial charge in [0.25, 0.3) is 5.56 Å². The fraction of sp³-hybridized carbons (Fsp3) is 0.500. The second-order valence-electron chi connectivity index (χ2n) is 7.41. The van der Waals surface area contributed by atoms with E-state index in [4.69, 9.17) is 4.74 Å². The third-order valence-corrected chi connectivity index (χ3v) is 5.85. The lowest BCUT2D eigenvalue weighted by Crippen LogP contribution is -2.43. The number of nitrogens with zero attached hydrogens (tertiary/aromatic N) is 3. The average molecular weight is 404 g/mol. The van der Waals surface area contributed by atoms with Crippen molar-refractivity contribution >= 4 is 34.5 Å². The first-order chi connectivity index (χ1) is 13.4. The summed E-state index contributed by atoms with van der Waals surface area (Å²) >= 11 is 1.19. The number of amides is 1. The molecule has 1 saturated heterocycles. The number of hydrogen-bond acceptors (Lipinski definition) is 6. The van der Waals surface area contributed by atoms with E-state index in [0.29, 0.717) is 27.9 Å². The fourth-order valence-corrected chi connectivity index (χ4v) is 4.58. The molecule has 2 atom stereocenters. The number of rotatable bonds is 5. The largest absolute Gasteiger partial charge is 0.468 e. The lowest BCUT2D eigenvalue weighted by Gasteiger charge is -2.35. The lowest BCUT2D eigenvalue weighted by atomic mass is 9.92. The zero-order valence-corrected chi connectivity index (χ0v) is 17.2. The Hall–Kier alpha value is -2.35. The predicted octanol–water partition coefficient (Wildman–Crippen LogP) is 2.17. The molecule has 1 aliphatic heterocycles. The first-order valence-corrected chi connectivity index (χ1v) is 10.3. The van der Waals surface area contributed by atoms with Crippen molar-refractivity contribution in [1.29, 1.82) is 0 Å². The van der Waals surface area contributed by atoms with Crippen LogP contribution in [0.5, 0.6) is 0 Å². The first-order valence-electron chi connectivity index (χ1n) is 9.36. The van der Waals surface area contributed by atoms with Crippen LogP contribution in [0.1, 0.15) is 20.3 Å². The quantitative estimate of drug-likeness (QED) is 0.432. The third kappa shape index (κ3) is 4.55. The van der Waals surface area contributed by atoms with Crippen molar-refractivity contribution in [2.45, 2.75) is 32.0 Å². The molecule has 1 aromatic carbocycles. The molecular weight excluding hydrogens is 378 g/mol. The molecule has 3 rings (SSSR count). The van der Waals surface area contributed by atoms with E-state index < -0.39 is 5.97 Å². The molecule has 7 nitrogen and oxygen atoms in total. The minimum atomic E-state index is -0.536. The molecule has 0 bridgehead atoms. The number of thioether (sulfide) groups is 1. The number of hydrogen-bond donors (Lipinski definition) is 0. The Morgan fingerprint density at radius 3 is 2.57 bits per heavy atom. The van der Waals surface area contributed by atoms with Crippen molar-refractivity contribution in [3.63, 3.8) is 0 Å². The van der Waals surface area contributed by atoms with Gasteiger partial charge < -0.3 is 9.64 Å². The standard InChI is InChI=1S/C20H25N3O4S/c1-13-8-14(2)10-22(9-13)17(24)12-28-20-21-16-7-5-4-6-15(16)19(26)23(20)11-18(25)27-3/h4-7,13-14H,8-12H2,1-3H3/t13-,14-/m0/s1. The fourth-order valence-electron chi connectivity index (χ4n) is 3.68. The molecular formula is C20H25N3O4S. The summed E-state index contributed by atoms with van der Waals surface area (Å²) in [6.07, 6.45) is 1.13. The Morgan fingerprint density at radius 1 is 1.21 bits per heavy atom. The number of piperidine rings is 1. The van der Waals surface area contributed by atoms with Gasteiger partial charge >= 0.3 is 5.97 Å². The van der Waals surface area contributed by atoms with Gasteiger partial charge in [0.15, 0.2) is 5.16 Å². The van der Waals surface area contributed by atoms with Crippen molar-refractivity contribution < 1.29 is 14.3 Å². The number of aromatic nitrogens is 2. The summed E-state index contributed by atoms with van der Waals surface area (Å²) in [4.78, 5) is 43.7. The Morgan fingerprint density at radius 2 is 1.89 bits per heavy atom. The molecule has 1 amide bonds. The highest BCUT2D eigenvalue weighted by molar-refractivity contribution is 7.99. The smallest absolute Gasteiger partial charge is 0.325 e. The summed E-state index contributed by atoms with van der Waals surface area (Å²) in [7, 11) is 1.27. The number of ether oxygens (including phenoxy) is 1. The van der Waals surface area contributed by atoms with Gasteiger partial charge in [0.1, 0.15) is 6.54 Å². The molecule has 8 heteroatoms. The maximum Gasteiger partial charge on any atom is 0.325 e. The number of para-hydroxylation sites is 1. The number of carbonyl (C=O) groups excluding carboxylic acids is 2. The summed E-state index contributed by atoms with van der Waals surface area (Å²) in [5.74, 6) is 0.621. The molecule has 150 valence electrons. The molecule has 0 spiro atoms. The van der Waals surface area contributed by atoms with Crippen LogP contribution in [0.25, 0.3) is 10.9 Å². The van der Waals surface area contributed by atoms with Crippen LogP contribution < -0.4 is 5.56 Å². The number of likely N-dealkylation sites (tertiary alicyclic amines) is 1. The molecule has 28 heavy (non-hydrogen) atoms. The number of methoxy groups -OCH3 is 1. The van der Waals surface area contributed by atoms with Crippen LogP contribution in [0.4, 0.5) is 0 Å². The van der Waals surface area contributed by atoms with E-state index in [9.17, 15) is 14.4 Å². The van der Waals surface area contributed by atoms with Crippen molar-refractivity contribution in [2.75, 3.05) is 26.0 Å². The Labute approximate surface area is 168 Å². The highest BCUT2D eigenvalue weighted by Crippen LogP contribution is 2.23. The van der Waals surface area contributed by atoms with Crippen molar-refractivity contribution in [2.24, 2.45) is 11.8 Å². The summed E-state index contributed by atoms with van der Waals surface area (Å²) in [6, 6.07) is 6.98. The summed E-state index contributed by atoms with van der Waals surface area (Å²) < 4.78 is 5.99. The van der Waals surface area contributed by atoms with Gasteiger partial charge in [-0.15, -0.1) is 0 Å². The highest BCUT2D eigenvalue weighted by atomic mass is 32.2. The maximum atomic E-state index is 12.8. The van der Waals surface area contributed by atoms with E-state index >= 15 is 0 Å². The number of benzene rings is 1. The Balaban J connectivity index is 1.84. The van der Waals surface area contributed by atoms with Crippen LogP contribution in [0, 0.1) is 11.8 Å². The monoisotopic (exact) mass is 403 g/mol. The molecule has 2 heterocycles. The lowest BCUT2D eigenvalue weighted by molar-refractivity contribution is -0.141. The summed E-state index contributed by atoms with van der Waals surface area (Å²) in [5.41, 5.74) is 0.231. The van der Waals surface area contributed by atoms with Gasteiger partial charge in [-0.2, -0.15) is 0 Å². The van der Waals surface area contributed by atoms with Crippen LogP contribution in [-0.4, -0.2) is 52.3 Å². The summed E-state index contributed by atoms with van der Waals surface area (Å²) in [6.45, 7) is 5.58. The van der Waals surface area contributed by atoms with Gasteiger partial charge in [-0.25, -0.2) is 4.98 Å². The topological polar surface area (TPSA) is 81.5 Å². The molecule has 0 saturated carbocycles. The Bertz CT molecular complexity index is 933. The third-order valence-electron chi connectivity index (χ3n) is 4.89. The predicted molar refractivity (Wildman–Crippen MR) is 108 cm³/mol. The average Bonchev–Trinajstić information content (AvgIpc) is 2.67. The van der Waals surface area contributed by atoms with E-state index in [1.807, 2.05) is 4.90 Å². The van der Waals surface area contributed by atoms with Crippen LogP contribution in [0.15, 0.2) is 34.2 Å². The van der Waals surface area contributed by atoms with Crippen molar-refractivity contribution in [3.05, 3.63) is 34.6 Å². The minimum absolute atomic E-state index is 0.0235. The zero-order valence-electron chi connectivity index (χ0n) is 16.4. The summed E-state index contributed by atoms with van der Waals surface area (Å²) in [5, 5.41) is 0.779. The van der Waals surface area contributed by atoms with E-state index in [2.05, 4.69) is 18.8 Å². The van der Waals surface area contributed by atoms with Gasteiger partial charge in [-0.3, -0.25) is 19.0 Å². The van der Waals surface area contributed by atoms with Gasteiger partial charge in [0, 0.05) is 13.1 Å². The minimum Gasteiger partial charge on any atom is -0.468 e. The van der Waals surface area contributed by atoms with Crippen LogP contribution in [-0.2, 0) is 20.9 Å². The van der Waals surface area contributed by atoms with Crippen LogP contribution in [0.3, 0.4) is 0 Å². The van der Waals surface area contributed by atoms with E-state index in [-0.39, 0.29) is 23.8 Å². The van der Waals surface area contributed by atoms with Crippen LogP contribution in [0.2, 0.25) is 0 Å². The molecule has 0 aliphatic carbocycles. The molecule has 1 fully saturated rings. The van der Waals surface area contributed by atoms with Crippen molar-refractivity contribution in [3.8, 4) is 0 Å². The SMILES string of the molecule is COC(=O)Cn1c(SCC(=O)N2C[C@@H](C)C[C@H](C)C2)nc2ccccc2c1=O. The highest BCUT2D eigenvalue weighted by Gasteiger charge is 2.26. The van der Waals surface area contributed by atoms with Gasteiger partial charge in [-0.1, -0.05) is 37.7 Å². The molecule has 2 aromatic rings. The normalized spacial score (nSPS) is 19.6. The van der Waals surface area contributed by atoms with E-state index in [0.717, 1.165) is 19.5 Å².